The van der Waals surface area contributed by atoms with Gasteiger partial charge in [0, 0.05) is 5.54 Å². The van der Waals surface area contributed by atoms with E-state index in [2.05, 4.69) is 10.5 Å². The molecule has 0 aromatic heterocycles. The zero-order valence-electron chi connectivity index (χ0n) is 15.4. The van der Waals surface area contributed by atoms with Crippen molar-refractivity contribution in [3.05, 3.63) is 41.5 Å². The first kappa shape index (κ1) is 19.5. The largest absolute Gasteiger partial charge is 0.483 e. The van der Waals surface area contributed by atoms with Crippen molar-refractivity contribution in [3.63, 3.8) is 0 Å². The summed E-state index contributed by atoms with van der Waals surface area (Å²) in [6.07, 6.45) is 1.42. The van der Waals surface area contributed by atoms with E-state index < -0.39 is 21.4 Å². The first-order valence-corrected chi connectivity index (χ1v) is 9.83. The predicted molar refractivity (Wildman–Crippen MR) is 101 cm³/mol. The van der Waals surface area contributed by atoms with E-state index in [9.17, 15) is 8.42 Å². The van der Waals surface area contributed by atoms with Crippen molar-refractivity contribution in [1.29, 1.82) is 0 Å². The smallest absolute Gasteiger partial charge is 0.216 e. The van der Waals surface area contributed by atoms with E-state index in [0.29, 0.717) is 17.9 Å². The first-order chi connectivity index (χ1) is 11.5. The van der Waals surface area contributed by atoms with Gasteiger partial charge in [0.05, 0.1) is 0 Å². The molecule has 0 fully saturated rings. The van der Waals surface area contributed by atoms with Crippen molar-refractivity contribution in [3.8, 4) is 5.75 Å². The SMILES string of the molecule is CC1=C/C(=N/NC(C)(C)C)C(Oc2ccc(C)cc2)C(S(N)(=O)=O)C1. The van der Waals surface area contributed by atoms with Crippen molar-refractivity contribution < 1.29 is 13.2 Å². The Morgan fingerprint density at radius 1 is 1.20 bits per heavy atom. The zero-order chi connectivity index (χ0) is 18.8. The maximum absolute atomic E-state index is 12.1. The van der Waals surface area contributed by atoms with Crippen LogP contribution in [0.5, 0.6) is 5.75 Å². The molecule has 0 heterocycles. The minimum absolute atomic E-state index is 0.252. The maximum atomic E-state index is 12.1. The molecule has 1 aromatic carbocycles. The van der Waals surface area contributed by atoms with Crippen molar-refractivity contribution >= 4 is 15.7 Å². The fourth-order valence-corrected chi connectivity index (χ4v) is 3.56. The van der Waals surface area contributed by atoms with Crippen LogP contribution < -0.4 is 15.3 Å². The molecular weight excluding hydrogens is 338 g/mol. The number of ether oxygens (including phenoxy) is 1. The van der Waals surface area contributed by atoms with E-state index in [1.54, 1.807) is 0 Å². The summed E-state index contributed by atoms with van der Waals surface area (Å²) >= 11 is 0. The molecule has 25 heavy (non-hydrogen) atoms. The minimum atomic E-state index is -3.80. The van der Waals surface area contributed by atoms with Gasteiger partial charge in [-0.1, -0.05) is 23.3 Å². The summed E-state index contributed by atoms with van der Waals surface area (Å²) in [5.74, 6) is 0.584. The molecule has 1 aliphatic carbocycles. The molecule has 0 saturated carbocycles. The molecule has 0 radical (unpaired) electrons. The van der Waals surface area contributed by atoms with E-state index in [4.69, 9.17) is 9.88 Å². The highest BCUT2D eigenvalue weighted by molar-refractivity contribution is 7.89. The Labute approximate surface area is 150 Å². The number of aryl methyl sites for hydroxylation is 1. The summed E-state index contributed by atoms with van der Waals surface area (Å²) in [6, 6.07) is 7.45. The molecule has 0 amide bonds. The molecule has 1 aliphatic rings. The number of nitrogens with one attached hydrogen (secondary N) is 1. The van der Waals surface area contributed by atoms with Gasteiger partial charge in [0.2, 0.25) is 10.0 Å². The number of hydrazone groups is 1. The van der Waals surface area contributed by atoms with Crippen LogP contribution in [-0.4, -0.2) is 31.0 Å². The standard InChI is InChI=1S/C18H27N3O3S/c1-12-6-8-14(9-7-12)24-17-15(20-21-18(3,4)5)10-13(2)11-16(17)25(19,22)23/h6-10,16-17,21H,11H2,1-5H3,(H2,19,22,23)/b20-15-. The van der Waals surface area contributed by atoms with Crippen LogP contribution in [0.25, 0.3) is 0 Å². The number of benzene rings is 1. The van der Waals surface area contributed by atoms with Crippen molar-refractivity contribution in [2.24, 2.45) is 10.2 Å². The number of rotatable bonds is 4. The highest BCUT2D eigenvalue weighted by Gasteiger charge is 2.39. The van der Waals surface area contributed by atoms with Crippen LogP contribution in [-0.2, 0) is 10.0 Å². The lowest BCUT2D eigenvalue weighted by Crippen LogP contribution is -2.49. The number of hydrogen-bond donors (Lipinski definition) is 2. The highest BCUT2D eigenvalue weighted by atomic mass is 32.2. The van der Waals surface area contributed by atoms with Gasteiger partial charge >= 0.3 is 0 Å². The van der Waals surface area contributed by atoms with Gasteiger partial charge in [-0.25, -0.2) is 13.6 Å². The highest BCUT2D eigenvalue weighted by Crippen LogP contribution is 2.26. The summed E-state index contributed by atoms with van der Waals surface area (Å²) in [5.41, 5.74) is 5.31. The average molecular weight is 365 g/mol. The molecule has 3 N–H and O–H groups in total. The summed E-state index contributed by atoms with van der Waals surface area (Å²) in [4.78, 5) is 0. The van der Waals surface area contributed by atoms with Gasteiger partial charge in [-0.3, -0.25) is 0 Å². The number of hydrogen-bond acceptors (Lipinski definition) is 5. The summed E-state index contributed by atoms with van der Waals surface area (Å²) in [5, 5.41) is 9.01. The topological polar surface area (TPSA) is 93.8 Å². The first-order valence-electron chi connectivity index (χ1n) is 8.22. The van der Waals surface area contributed by atoms with Gasteiger partial charge in [0.25, 0.3) is 0 Å². The number of nitrogens with two attached hydrogens (primary N) is 1. The Hall–Kier alpha value is -1.86. The van der Waals surface area contributed by atoms with Crippen LogP contribution in [0.2, 0.25) is 0 Å². The van der Waals surface area contributed by atoms with Gasteiger partial charge in [0.1, 0.15) is 16.7 Å². The molecule has 0 saturated heterocycles. The van der Waals surface area contributed by atoms with Gasteiger partial charge in [-0.2, -0.15) is 5.10 Å². The third kappa shape index (κ3) is 5.57. The Morgan fingerprint density at radius 2 is 1.80 bits per heavy atom. The number of allylic oxidation sites excluding steroid dienone is 1. The summed E-state index contributed by atoms with van der Waals surface area (Å²) in [7, 11) is -3.80. The summed E-state index contributed by atoms with van der Waals surface area (Å²) in [6.45, 7) is 9.77. The van der Waals surface area contributed by atoms with E-state index >= 15 is 0 Å². The number of sulfonamides is 1. The molecule has 7 heteroatoms. The molecule has 6 nitrogen and oxygen atoms in total. The van der Waals surface area contributed by atoms with Gasteiger partial charge < -0.3 is 10.2 Å². The second-order valence-electron chi connectivity index (χ2n) is 7.57. The quantitative estimate of drug-likeness (QED) is 0.802. The average Bonchev–Trinajstić information content (AvgIpc) is 2.47. The second-order valence-corrected chi connectivity index (χ2v) is 9.36. The lowest BCUT2D eigenvalue weighted by molar-refractivity contribution is 0.254. The van der Waals surface area contributed by atoms with Gasteiger partial charge in [-0.15, -0.1) is 0 Å². The molecule has 2 unspecified atom stereocenters. The Morgan fingerprint density at radius 3 is 2.32 bits per heavy atom. The third-order valence-corrected chi connectivity index (χ3v) is 5.03. The van der Waals surface area contributed by atoms with Crippen LogP contribution in [0.4, 0.5) is 0 Å². The number of nitrogens with zero attached hydrogens (tertiary/aromatic N) is 1. The van der Waals surface area contributed by atoms with Crippen molar-refractivity contribution in [2.45, 2.75) is 57.9 Å². The minimum Gasteiger partial charge on any atom is -0.483 e. The lowest BCUT2D eigenvalue weighted by atomic mass is 9.95. The van der Waals surface area contributed by atoms with E-state index in [-0.39, 0.29) is 5.54 Å². The van der Waals surface area contributed by atoms with Gasteiger partial charge in [0.15, 0.2) is 6.10 Å². The fraction of sp³-hybridized carbons (Fsp3) is 0.500. The molecule has 2 atom stereocenters. The Bertz CT molecular complexity index is 775. The second kappa shape index (κ2) is 7.17. The van der Waals surface area contributed by atoms with Crippen molar-refractivity contribution in [2.75, 3.05) is 0 Å². The normalized spacial score (nSPS) is 23.3. The molecule has 138 valence electrons. The molecule has 0 bridgehead atoms. The van der Waals surface area contributed by atoms with E-state index in [1.807, 2.05) is 65.0 Å². The molecule has 0 aliphatic heterocycles. The van der Waals surface area contributed by atoms with Crippen LogP contribution in [0.1, 0.15) is 39.7 Å². The lowest BCUT2D eigenvalue weighted by Gasteiger charge is -2.31. The third-order valence-electron chi connectivity index (χ3n) is 3.77. The molecule has 1 aromatic rings. The Kier molecular flexibility index (Phi) is 5.58. The summed E-state index contributed by atoms with van der Waals surface area (Å²) < 4.78 is 30.3. The van der Waals surface area contributed by atoms with Crippen LogP contribution in [0.15, 0.2) is 41.0 Å². The molecule has 2 rings (SSSR count). The van der Waals surface area contributed by atoms with Crippen LogP contribution >= 0.6 is 0 Å². The van der Waals surface area contributed by atoms with E-state index in [0.717, 1.165) is 11.1 Å². The molecular formula is C18H27N3O3S. The van der Waals surface area contributed by atoms with Crippen LogP contribution in [0.3, 0.4) is 0 Å². The monoisotopic (exact) mass is 365 g/mol. The Balaban J connectivity index is 2.42. The van der Waals surface area contributed by atoms with Gasteiger partial charge in [-0.05, 0) is 59.2 Å². The maximum Gasteiger partial charge on any atom is 0.216 e. The zero-order valence-corrected chi connectivity index (χ0v) is 16.2. The predicted octanol–water partition coefficient (Wildman–Crippen LogP) is 2.49. The fourth-order valence-electron chi connectivity index (χ4n) is 2.52. The van der Waals surface area contributed by atoms with E-state index in [1.165, 1.54) is 0 Å². The number of primary sulfonamides is 1. The van der Waals surface area contributed by atoms with Crippen LogP contribution in [0, 0.1) is 6.92 Å². The molecule has 0 spiro atoms. The van der Waals surface area contributed by atoms with Crippen molar-refractivity contribution in [1.82, 2.24) is 5.43 Å².